The number of aliphatic hydroxyl groups excluding tert-OH is 1. The third-order valence-electron chi connectivity index (χ3n) is 3.02. The monoisotopic (exact) mass is 225 g/mol. The summed E-state index contributed by atoms with van der Waals surface area (Å²) < 4.78 is 1.91. The van der Waals surface area contributed by atoms with Gasteiger partial charge in [0.2, 0.25) is 0 Å². The van der Waals surface area contributed by atoms with Crippen molar-refractivity contribution in [2.24, 2.45) is 7.05 Å². The first-order valence-corrected chi connectivity index (χ1v) is 5.97. The number of nitrogens with zero attached hydrogens (tertiary/aromatic N) is 2. The van der Waals surface area contributed by atoms with E-state index in [1.807, 2.05) is 17.9 Å². The highest BCUT2D eigenvalue weighted by Gasteiger charge is 2.04. The predicted molar refractivity (Wildman–Crippen MR) is 65.4 cm³/mol. The number of aliphatic hydroxyl groups is 1. The maximum absolute atomic E-state index is 8.72. The van der Waals surface area contributed by atoms with Crippen molar-refractivity contribution in [1.82, 2.24) is 15.1 Å². The number of hydrogen-bond acceptors (Lipinski definition) is 3. The molecule has 0 aliphatic rings. The molecule has 1 rings (SSSR count). The van der Waals surface area contributed by atoms with Crippen LogP contribution in [0.25, 0.3) is 0 Å². The van der Waals surface area contributed by atoms with Gasteiger partial charge in [0.15, 0.2) is 0 Å². The lowest BCUT2D eigenvalue weighted by Gasteiger charge is -2.12. The molecule has 0 amide bonds. The maximum atomic E-state index is 8.72. The molecule has 4 nitrogen and oxygen atoms in total. The molecule has 0 saturated heterocycles. The predicted octanol–water partition coefficient (Wildman–Crippen LogP) is 1.02. The van der Waals surface area contributed by atoms with E-state index in [-0.39, 0.29) is 6.61 Å². The molecule has 0 fully saturated rings. The van der Waals surface area contributed by atoms with Gasteiger partial charge < -0.3 is 10.4 Å². The van der Waals surface area contributed by atoms with Crippen molar-refractivity contribution in [3.05, 3.63) is 17.5 Å². The Labute approximate surface area is 97.7 Å². The highest BCUT2D eigenvalue weighted by Crippen LogP contribution is 2.05. The van der Waals surface area contributed by atoms with E-state index in [9.17, 15) is 0 Å². The first kappa shape index (κ1) is 13.2. The molecule has 16 heavy (non-hydrogen) atoms. The Morgan fingerprint density at radius 1 is 1.56 bits per heavy atom. The summed E-state index contributed by atoms with van der Waals surface area (Å²) in [7, 11) is 1.97. The van der Waals surface area contributed by atoms with Crippen molar-refractivity contribution < 1.29 is 5.11 Å². The smallest absolute Gasteiger partial charge is 0.0524 e. The van der Waals surface area contributed by atoms with Crippen molar-refractivity contribution in [3.8, 4) is 0 Å². The summed E-state index contributed by atoms with van der Waals surface area (Å²) in [6, 6.07) is 0.476. The summed E-state index contributed by atoms with van der Waals surface area (Å²) in [5, 5.41) is 16.4. The molecular formula is C12H23N3O. The topological polar surface area (TPSA) is 50.1 Å². The van der Waals surface area contributed by atoms with Crippen LogP contribution >= 0.6 is 0 Å². The van der Waals surface area contributed by atoms with Crippen LogP contribution in [0, 0.1) is 6.92 Å². The van der Waals surface area contributed by atoms with E-state index >= 15 is 0 Å². The lowest BCUT2D eigenvalue weighted by atomic mass is 10.1. The van der Waals surface area contributed by atoms with Crippen LogP contribution in [-0.4, -0.2) is 34.1 Å². The quantitative estimate of drug-likeness (QED) is 0.728. The van der Waals surface area contributed by atoms with E-state index in [0.717, 1.165) is 25.8 Å². The fourth-order valence-corrected chi connectivity index (χ4v) is 1.74. The summed E-state index contributed by atoms with van der Waals surface area (Å²) in [4.78, 5) is 0. The second-order valence-electron chi connectivity index (χ2n) is 4.35. The molecule has 0 bridgehead atoms. The zero-order valence-corrected chi connectivity index (χ0v) is 10.5. The third kappa shape index (κ3) is 3.94. The molecule has 0 spiro atoms. The maximum Gasteiger partial charge on any atom is 0.0524 e. The van der Waals surface area contributed by atoms with Crippen molar-refractivity contribution in [2.75, 3.05) is 13.2 Å². The molecule has 92 valence electrons. The minimum absolute atomic E-state index is 0.285. The average molecular weight is 225 g/mol. The van der Waals surface area contributed by atoms with E-state index in [1.165, 1.54) is 11.3 Å². The van der Waals surface area contributed by atoms with Gasteiger partial charge in [-0.1, -0.05) is 0 Å². The molecule has 1 atom stereocenters. The summed E-state index contributed by atoms with van der Waals surface area (Å²) in [6.07, 6.45) is 4.86. The third-order valence-corrected chi connectivity index (χ3v) is 3.02. The lowest BCUT2D eigenvalue weighted by molar-refractivity contribution is 0.276. The van der Waals surface area contributed by atoms with E-state index < -0.39 is 0 Å². The molecule has 1 aromatic heterocycles. The average Bonchev–Trinajstić information content (AvgIpc) is 2.58. The lowest BCUT2D eigenvalue weighted by Crippen LogP contribution is -2.28. The molecule has 1 heterocycles. The van der Waals surface area contributed by atoms with Crippen molar-refractivity contribution in [2.45, 2.75) is 39.2 Å². The van der Waals surface area contributed by atoms with Crippen LogP contribution < -0.4 is 5.32 Å². The Bertz CT molecular complexity index is 309. The van der Waals surface area contributed by atoms with E-state index in [1.54, 1.807) is 0 Å². The molecular weight excluding hydrogens is 202 g/mol. The second-order valence-corrected chi connectivity index (χ2v) is 4.35. The highest BCUT2D eigenvalue weighted by atomic mass is 16.2. The van der Waals surface area contributed by atoms with Gasteiger partial charge >= 0.3 is 0 Å². The molecule has 0 aliphatic heterocycles. The fraction of sp³-hybridized carbons (Fsp3) is 0.750. The Hall–Kier alpha value is -0.870. The molecule has 2 N–H and O–H groups in total. The van der Waals surface area contributed by atoms with Gasteiger partial charge in [-0.25, -0.2) is 0 Å². The zero-order chi connectivity index (χ0) is 12.0. The van der Waals surface area contributed by atoms with Gasteiger partial charge in [0, 0.05) is 25.4 Å². The van der Waals surface area contributed by atoms with Crippen LogP contribution in [0.4, 0.5) is 0 Å². The molecule has 1 aromatic rings. The van der Waals surface area contributed by atoms with Gasteiger partial charge in [0.1, 0.15) is 0 Å². The standard InChI is InChI=1S/C12H23N3O/c1-10(5-4-8-16)13-7-6-12-9-14-15(3)11(12)2/h9-10,13,16H,4-8H2,1-3H3. The molecule has 1 unspecified atom stereocenters. The summed E-state index contributed by atoms with van der Waals surface area (Å²) in [5.41, 5.74) is 2.55. The first-order valence-electron chi connectivity index (χ1n) is 5.97. The zero-order valence-electron chi connectivity index (χ0n) is 10.5. The molecule has 0 aliphatic carbocycles. The van der Waals surface area contributed by atoms with Gasteiger partial charge in [-0.05, 0) is 45.2 Å². The molecule has 4 heteroatoms. The van der Waals surface area contributed by atoms with Gasteiger partial charge in [-0.3, -0.25) is 4.68 Å². The largest absolute Gasteiger partial charge is 0.396 e. The Morgan fingerprint density at radius 2 is 2.31 bits per heavy atom. The van der Waals surface area contributed by atoms with Crippen LogP contribution in [0.3, 0.4) is 0 Å². The fourth-order valence-electron chi connectivity index (χ4n) is 1.74. The van der Waals surface area contributed by atoms with E-state index in [0.29, 0.717) is 6.04 Å². The minimum atomic E-state index is 0.285. The minimum Gasteiger partial charge on any atom is -0.396 e. The van der Waals surface area contributed by atoms with Crippen LogP contribution in [0.15, 0.2) is 6.20 Å². The van der Waals surface area contributed by atoms with Gasteiger partial charge in [-0.15, -0.1) is 0 Å². The Morgan fingerprint density at radius 3 is 2.88 bits per heavy atom. The number of nitrogens with one attached hydrogen (secondary N) is 1. The van der Waals surface area contributed by atoms with Crippen molar-refractivity contribution in [3.63, 3.8) is 0 Å². The highest BCUT2D eigenvalue weighted by molar-refractivity contribution is 5.15. The SMILES string of the molecule is Cc1c(CCNC(C)CCCO)cnn1C. The number of rotatable bonds is 7. The Balaban J connectivity index is 2.22. The van der Waals surface area contributed by atoms with Gasteiger partial charge in [0.25, 0.3) is 0 Å². The number of aryl methyl sites for hydroxylation is 1. The normalized spacial score (nSPS) is 13.0. The number of aromatic nitrogens is 2. The van der Waals surface area contributed by atoms with Crippen LogP contribution in [0.5, 0.6) is 0 Å². The number of hydrogen-bond donors (Lipinski definition) is 2. The van der Waals surface area contributed by atoms with Crippen molar-refractivity contribution in [1.29, 1.82) is 0 Å². The summed E-state index contributed by atoms with van der Waals surface area (Å²) in [5.74, 6) is 0. The van der Waals surface area contributed by atoms with Crippen molar-refractivity contribution >= 4 is 0 Å². The molecule has 0 radical (unpaired) electrons. The van der Waals surface area contributed by atoms with Gasteiger partial charge in [0.05, 0.1) is 6.20 Å². The van der Waals surface area contributed by atoms with Gasteiger partial charge in [-0.2, -0.15) is 5.10 Å². The summed E-state index contributed by atoms with van der Waals surface area (Å²) >= 11 is 0. The Kier molecular flexibility index (Phi) is 5.49. The van der Waals surface area contributed by atoms with Crippen LogP contribution in [0.1, 0.15) is 31.0 Å². The van der Waals surface area contributed by atoms with E-state index in [4.69, 9.17) is 5.11 Å². The summed E-state index contributed by atoms with van der Waals surface area (Å²) in [6.45, 7) is 5.51. The molecule has 0 saturated carbocycles. The second kappa shape index (κ2) is 6.66. The molecule has 0 aromatic carbocycles. The van der Waals surface area contributed by atoms with Crippen LogP contribution in [0.2, 0.25) is 0 Å². The van der Waals surface area contributed by atoms with E-state index in [2.05, 4.69) is 24.3 Å². The first-order chi connectivity index (χ1) is 7.65. The van der Waals surface area contributed by atoms with Crippen LogP contribution in [-0.2, 0) is 13.5 Å².